The Morgan fingerprint density at radius 3 is 2.28 bits per heavy atom. The minimum Gasteiger partial charge on any atom is -0.495 e. The molecule has 453 valence electrons. The van der Waals surface area contributed by atoms with Gasteiger partial charge in [-0.15, -0.1) is 11.8 Å². The first-order valence-corrected chi connectivity index (χ1v) is 31.7. The van der Waals surface area contributed by atoms with E-state index in [9.17, 15) is 14.0 Å². The lowest BCUT2D eigenvalue weighted by Crippen LogP contribution is -2.25. The van der Waals surface area contributed by atoms with Crippen LogP contribution >= 0.6 is 0 Å². The highest BCUT2D eigenvalue weighted by Crippen LogP contribution is 2.49. The fourth-order valence-electron chi connectivity index (χ4n) is 12.6. The maximum atomic E-state index is 14.7. The fourth-order valence-corrected chi connectivity index (χ4v) is 12.6. The number of rotatable bonds is 15. The molecule has 0 fully saturated rings. The van der Waals surface area contributed by atoms with E-state index in [4.69, 9.17) is 24.2 Å². The smallest absolute Gasteiger partial charge is 0.184 e. The molecule has 1 radical (unpaired) electrons. The van der Waals surface area contributed by atoms with Crippen molar-refractivity contribution in [2.45, 2.75) is 205 Å². The van der Waals surface area contributed by atoms with Gasteiger partial charge in [-0.25, -0.2) is 14.4 Å². The number of fused-ring (bicyclic) bond motifs is 5. The minimum atomic E-state index is -0.295. The van der Waals surface area contributed by atoms with Gasteiger partial charge in [-0.05, 0) is 245 Å². The molecule has 8 heteroatoms. The molecule has 0 aromatic heterocycles. The molecule has 4 aliphatic carbocycles. The third kappa shape index (κ3) is 16.3. The van der Waals surface area contributed by atoms with Crippen LogP contribution in [0.15, 0.2) is 111 Å². The van der Waals surface area contributed by atoms with E-state index in [0.717, 1.165) is 128 Å². The molecule has 4 aromatic rings. The summed E-state index contributed by atoms with van der Waals surface area (Å²) in [5, 5.41) is 0. The Labute approximate surface area is 515 Å². The Morgan fingerprint density at radius 1 is 0.849 bits per heavy atom. The van der Waals surface area contributed by atoms with Gasteiger partial charge >= 0.3 is 0 Å². The average molecular weight is 1160 g/mol. The summed E-state index contributed by atoms with van der Waals surface area (Å²) in [6.07, 6.45) is 15.9. The number of allylic oxidation sites excluding steroid dienone is 7. The number of benzene rings is 4. The van der Waals surface area contributed by atoms with E-state index < -0.39 is 0 Å². The van der Waals surface area contributed by atoms with Gasteiger partial charge in [0.05, 0.1) is 25.9 Å². The third-order valence-electron chi connectivity index (χ3n) is 17.8. The van der Waals surface area contributed by atoms with Gasteiger partial charge < -0.3 is 14.2 Å². The molecule has 4 aromatic carbocycles. The van der Waals surface area contributed by atoms with Crippen molar-refractivity contribution in [1.82, 2.24) is 0 Å². The van der Waals surface area contributed by atoms with E-state index in [1.165, 1.54) is 45.0 Å². The predicted molar refractivity (Wildman–Crippen MR) is 353 cm³/mol. The Balaban J connectivity index is 0.000000224. The molecule has 0 amide bonds. The lowest BCUT2D eigenvalue weighted by atomic mass is 9.75. The minimum absolute atomic E-state index is 0.0103. The van der Waals surface area contributed by atoms with Crippen LogP contribution in [-0.2, 0) is 22.4 Å². The van der Waals surface area contributed by atoms with Crippen molar-refractivity contribution in [2.75, 3.05) is 14.2 Å². The molecule has 0 spiro atoms. The van der Waals surface area contributed by atoms with E-state index >= 15 is 0 Å². The number of carbonyl (C=O) groups is 2. The summed E-state index contributed by atoms with van der Waals surface area (Å²) < 4.78 is 31.9. The topological polar surface area (TPSA) is 86.6 Å². The Morgan fingerprint density at radius 2 is 1.58 bits per heavy atom. The van der Waals surface area contributed by atoms with Gasteiger partial charge in [0.15, 0.2) is 23.1 Å². The molecule has 5 aliphatic rings. The summed E-state index contributed by atoms with van der Waals surface area (Å²) in [6.45, 7) is 31.6. The van der Waals surface area contributed by atoms with Gasteiger partial charge in [-0.1, -0.05) is 102 Å². The summed E-state index contributed by atoms with van der Waals surface area (Å²) in [5.74, 6) is 15.9. The van der Waals surface area contributed by atoms with Crippen molar-refractivity contribution in [3.05, 3.63) is 169 Å². The Hall–Kier alpha value is -7.03. The first kappa shape index (κ1) is 65.0. The van der Waals surface area contributed by atoms with E-state index in [0.29, 0.717) is 59.7 Å². The number of ether oxygens (including phenoxy) is 3. The van der Waals surface area contributed by atoms with Crippen molar-refractivity contribution >= 4 is 28.6 Å². The van der Waals surface area contributed by atoms with Crippen molar-refractivity contribution in [1.29, 1.82) is 0 Å². The summed E-state index contributed by atoms with van der Waals surface area (Å²) in [6, 6.07) is 20.2. The molecule has 9 rings (SSSR count). The van der Waals surface area contributed by atoms with Gasteiger partial charge in [0.1, 0.15) is 23.0 Å². The van der Waals surface area contributed by atoms with Gasteiger partial charge in [-0.2, -0.15) is 0 Å². The Kier molecular flexibility index (Phi) is 21.3. The number of hydrogen-bond donors (Lipinski definition) is 0. The first-order valence-electron chi connectivity index (χ1n) is 31.7. The van der Waals surface area contributed by atoms with Gasteiger partial charge in [-0.3, -0.25) is 9.59 Å². The maximum absolute atomic E-state index is 14.7. The molecule has 2 atom stereocenters. The fraction of sp³-hybridized carbons (Fsp3) is 0.474. The first-order chi connectivity index (χ1) is 40.9. The predicted octanol–water partition coefficient (Wildman–Crippen LogP) is 18.8. The highest BCUT2D eigenvalue weighted by molar-refractivity contribution is 6.08. The number of Topliss-reactive ketones (excluding diaryl/α,β-unsaturated/α-hetero) is 2. The molecule has 7 nitrogen and oxygen atoms in total. The van der Waals surface area contributed by atoms with Crippen LogP contribution in [0.5, 0.6) is 17.2 Å². The second kappa shape index (κ2) is 28.2. The van der Waals surface area contributed by atoms with Crippen LogP contribution in [-0.4, -0.2) is 43.3 Å². The summed E-state index contributed by atoms with van der Waals surface area (Å²) in [5.41, 5.74) is 19.2. The van der Waals surface area contributed by atoms with Gasteiger partial charge in [0.25, 0.3) is 0 Å². The quantitative estimate of drug-likeness (QED) is 0.0672. The second-order valence-corrected chi connectivity index (χ2v) is 26.9. The maximum Gasteiger partial charge on any atom is 0.184 e. The number of methoxy groups -OCH3 is 2. The molecule has 0 saturated heterocycles. The van der Waals surface area contributed by atoms with Crippen LogP contribution in [0.4, 0.5) is 4.39 Å². The van der Waals surface area contributed by atoms with Crippen LogP contribution in [0.25, 0.3) is 5.57 Å². The summed E-state index contributed by atoms with van der Waals surface area (Å²) in [7, 11) is 3.38. The van der Waals surface area contributed by atoms with Crippen LogP contribution in [0.3, 0.4) is 0 Å². The third-order valence-corrected chi connectivity index (χ3v) is 17.8. The van der Waals surface area contributed by atoms with Crippen molar-refractivity contribution < 1.29 is 28.2 Å². The summed E-state index contributed by atoms with van der Waals surface area (Å²) >= 11 is 0. The standard InChI is InChI=1S/C41H48NO2.C37H46FNO3/c1-25(2)11-13-31-20-36-29(22-38(31)44-7)15-16-32-19-34(36)21-37(30-14-12-26(3)27(4)17-30)42-39(32)40(43)33-10-8-9-28-18-35(28)24-41(5,6)23-33;1-10-11-12-13-19-37(7,8)20-18-33(40)36(39-27(6)28-15-14-25(4)32(38)21-28)30-17-16-29-22-34(41-9)35(42-24(2)3)23-31(29)26(30)5/h12,14,17-18,20,22,25,33-34H,8-10,15-16,19,21,23-24H2,1-7H3;14-15,21-24H,5,10-11,16-20H2,1-4,6-9H3/b;36-30-,39-27?. The number of nitrogens with zero attached hydrogens (tertiary/aromatic N) is 2. The number of carbonyl (C=O) groups excluding carboxylic acids is 2. The molecule has 2 unspecified atom stereocenters. The monoisotopic (exact) mass is 1160 g/mol. The Bertz CT molecular complexity index is 3570. The SMILES string of the molecule is C=C1/C(=C(\N=C(C)c2ccc(C)c(F)c2)C(=O)CCC(C)(C)CC#CCCC)CCc2cc(OC)c(OC(C)C)cc21.COc1cc2c(cc1C#CC(C)C)C1CC(c3ccc(C)c(C)c3)=NC(C(=O)C3CCCC4=C([CH]4)CC(C)(C)C3)=C(CC2)C1. The lowest BCUT2D eigenvalue weighted by molar-refractivity contribution is -0.120. The number of aliphatic imine (C=N–C) groups is 2. The number of halogens is 1. The van der Waals surface area contributed by atoms with E-state index in [1.54, 1.807) is 27.2 Å². The number of hydrogen-bond acceptors (Lipinski definition) is 7. The normalized spacial score (nSPS) is 18.8. The largest absolute Gasteiger partial charge is 0.495 e. The molecule has 0 saturated carbocycles. The van der Waals surface area contributed by atoms with Crippen molar-refractivity contribution in [2.24, 2.45) is 32.7 Å². The van der Waals surface area contributed by atoms with Gasteiger partial charge in [0.2, 0.25) is 0 Å². The lowest BCUT2D eigenvalue weighted by Gasteiger charge is -2.29. The number of aryl methyl sites for hydroxylation is 5. The van der Waals surface area contributed by atoms with E-state index in [-0.39, 0.29) is 52.1 Å². The zero-order chi connectivity index (χ0) is 62.2. The van der Waals surface area contributed by atoms with Gasteiger partial charge in [0, 0.05) is 48.9 Å². The number of unbranched alkanes of at least 4 members (excludes halogenated alkanes) is 1. The zero-order valence-corrected chi connectivity index (χ0v) is 54.5. The van der Waals surface area contributed by atoms with Crippen molar-refractivity contribution in [3.63, 3.8) is 0 Å². The van der Waals surface area contributed by atoms with Crippen LogP contribution in [0.1, 0.15) is 221 Å². The molecule has 2 bridgehead atoms. The molecule has 0 N–H and O–H groups in total. The van der Waals surface area contributed by atoms with E-state index in [1.807, 2.05) is 39.0 Å². The highest BCUT2D eigenvalue weighted by atomic mass is 19.1. The number of ketones is 2. The molecule has 1 aliphatic heterocycles. The second-order valence-electron chi connectivity index (χ2n) is 26.9. The van der Waals surface area contributed by atoms with Crippen LogP contribution in [0.2, 0.25) is 0 Å². The summed E-state index contributed by atoms with van der Waals surface area (Å²) in [4.78, 5) is 39.0. The molecule has 1 heterocycles. The zero-order valence-electron chi connectivity index (χ0n) is 54.5. The molecular formula is C78H94FN2O5. The van der Waals surface area contributed by atoms with Crippen molar-refractivity contribution in [3.8, 4) is 40.9 Å². The average Bonchev–Trinajstić information content (AvgIpc) is 1.78. The molecular weight excluding hydrogens is 1060 g/mol. The van der Waals surface area contributed by atoms with Crippen LogP contribution in [0, 0.1) is 79.4 Å². The molecule has 86 heavy (non-hydrogen) atoms. The van der Waals surface area contributed by atoms with E-state index in [2.05, 4.69) is 129 Å². The van der Waals surface area contributed by atoms with Crippen LogP contribution < -0.4 is 14.2 Å². The highest BCUT2D eigenvalue weighted by Gasteiger charge is 2.38.